The number of guanidine groups is 1. The standard InChI is InChI=1S/C14H23F3N4O.HI/c1-18-13(19-7-5-9-22-11-14(15,16)17)21(3)10-12-6-4-8-20(12)2;/h4,6,8H,5,7,9-11H2,1-3H3,(H,18,19);1H. The van der Waals surface area contributed by atoms with E-state index in [0.29, 0.717) is 25.5 Å². The summed E-state index contributed by atoms with van der Waals surface area (Å²) < 4.78 is 42.3. The van der Waals surface area contributed by atoms with E-state index in [2.05, 4.69) is 15.0 Å². The van der Waals surface area contributed by atoms with Crippen molar-refractivity contribution in [2.24, 2.45) is 12.0 Å². The second-order valence-corrected chi connectivity index (χ2v) is 4.96. The molecule has 0 saturated heterocycles. The van der Waals surface area contributed by atoms with Gasteiger partial charge in [-0.15, -0.1) is 24.0 Å². The molecule has 1 N–H and O–H groups in total. The predicted octanol–water partition coefficient (Wildman–Crippen LogP) is 2.62. The molecule has 5 nitrogen and oxygen atoms in total. The Bertz CT molecular complexity index is 477. The van der Waals surface area contributed by atoms with E-state index in [1.807, 2.05) is 41.9 Å². The smallest absolute Gasteiger partial charge is 0.372 e. The van der Waals surface area contributed by atoms with Gasteiger partial charge in [-0.1, -0.05) is 0 Å². The lowest BCUT2D eigenvalue weighted by molar-refractivity contribution is -0.173. The van der Waals surface area contributed by atoms with Gasteiger partial charge in [-0.3, -0.25) is 4.99 Å². The zero-order chi connectivity index (χ0) is 16.6. The molecule has 0 fully saturated rings. The number of hydrogen-bond donors (Lipinski definition) is 1. The minimum Gasteiger partial charge on any atom is -0.372 e. The molecule has 0 aromatic carbocycles. The van der Waals surface area contributed by atoms with E-state index in [0.717, 1.165) is 5.69 Å². The van der Waals surface area contributed by atoms with Gasteiger partial charge in [0.25, 0.3) is 0 Å². The number of nitrogens with zero attached hydrogens (tertiary/aromatic N) is 3. The van der Waals surface area contributed by atoms with Gasteiger partial charge < -0.3 is 19.5 Å². The summed E-state index contributed by atoms with van der Waals surface area (Å²) in [4.78, 5) is 6.11. The van der Waals surface area contributed by atoms with Crippen LogP contribution in [0.2, 0.25) is 0 Å². The quantitative estimate of drug-likeness (QED) is 0.302. The first-order valence-corrected chi connectivity index (χ1v) is 7.00. The van der Waals surface area contributed by atoms with E-state index < -0.39 is 12.8 Å². The molecule has 0 aliphatic heterocycles. The van der Waals surface area contributed by atoms with Crippen molar-refractivity contribution >= 4 is 29.9 Å². The highest BCUT2D eigenvalue weighted by atomic mass is 127. The molecule has 1 rings (SSSR count). The van der Waals surface area contributed by atoms with E-state index in [9.17, 15) is 13.2 Å². The molecule has 1 aromatic rings. The Labute approximate surface area is 151 Å². The molecule has 0 saturated carbocycles. The summed E-state index contributed by atoms with van der Waals surface area (Å²) in [6, 6.07) is 3.99. The summed E-state index contributed by atoms with van der Waals surface area (Å²) in [5, 5.41) is 3.10. The van der Waals surface area contributed by atoms with Gasteiger partial charge in [-0.05, 0) is 18.6 Å². The van der Waals surface area contributed by atoms with Crippen molar-refractivity contribution in [3.63, 3.8) is 0 Å². The predicted molar refractivity (Wildman–Crippen MR) is 95.1 cm³/mol. The topological polar surface area (TPSA) is 41.8 Å². The van der Waals surface area contributed by atoms with E-state index in [-0.39, 0.29) is 30.6 Å². The number of alkyl halides is 3. The fourth-order valence-corrected chi connectivity index (χ4v) is 1.93. The van der Waals surface area contributed by atoms with Crippen LogP contribution < -0.4 is 5.32 Å². The first-order valence-electron chi connectivity index (χ1n) is 7.00. The Morgan fingerprint density at radius 2 is 2.13 bits per heavy atom. The summed E-state index contributed by atoms with van der Waals surface area (Å²) >= 11 is 0. The Kier molecular flexibility index (Phi) is 10.3. The lowest BCUT2D eigenvalue weighted by atomic mass is 10.4. The highest BCUT2D eigenvalue weighted by Gasteiger charge is 2.27. The third-order valence-electron chi connectivity index (χ3n) is 3.04. The van der Waals surface area contributed by atoms with Crippen LogP contribution in [0.5, 0.6) is 0 Å². The molecular weight excluding hydrogens is 424 g/mol. The maximum absolute atomic E-state index is 11.9. The van der Waals surface area contributed by atoms with Gasteiger partial charge in [0.05, 0.1) is 6.54 Å². The largest absolute Gasteiger partial charge is 0.411 e. The van der Waals surface area contributed by atoms with Crippen LogP contribution in [0.4, 0.5) is 13.2 Å². The minimum atomic E-state index is -4.27. The molecule has 0 bridgehead atoms. The molecule has 0 radical (unpaired) electrons. The van der Waals surface area contributed by atoms with E-state index in [1.165, 1.54) is 0 Å². The highest BCUT2D eigenvalue weighted by Crippen LogP contribution is 2.14. The zero-order valence-electron chi connectivity index (χ0n) is 13.6. The molecule has 23 heavy (non-hydrogen) atoms. The molecule has 1 heterocycles. The van der Waals surface area contributed by atoms with E-state index in [4.69, 9.17) is 0 Å². The molecule has 0 aliphatic carbocycles. The normalized spacial score (nSPS) is 12.0. The molecule has 0 unspecified atom stereocenters. The molecule has 1 aromatic heterocycles. The summed E-state index contributed by atoms with van der Waals surface area (Å²) in [5.74, 6) is 0.692. The Morgan fingerprint density at radius 3 is 2.65 bits per heavy atom. The lowest BCUT2D eigenvalue weighted by Gasteiger charge is -2.22. The third-order valence-corrected chi connectivity index (χ3v) is 3.04. The summed E-state index contributed by atoms with van der Waals surface area (Å²) in [6.07, 6.45) is -1.82. The van der Waals surface area contributed by atoms with Crippen LogP contribution in [0.15, 0.2) is 23.3 Å². The first-order chi connectivity index (χ1) is 10.3. The van der Waals surface area contributed by atoms with Crippen LogP contribution in [-0.4, -0.2) is 55.5 Å². The fourth-order valence-electron chi connectivity index (χ4n) is 1.93. The average molecular weight is 448 g/mol. The van der Waals surface area contributed by atoms with Gasteiger partial charge in [-0.25, -0.2) is 0 Å². The SMILES string of the molecule is CN=C(NCCCOCC(F)(F)F)N(C)Cc1cccn1C.I. The Balaban J connectivity index is 0.00000484. The van der Waals surface area contributed by atoms with Crippen molar-refractivity contribution in [3.05, 3.63) is 24.0 Å². The van der Waals surface area contributed by atoms with Crippen LogP contribution in [0.25, 0.3) is 0 Å². The number of ether oxygens (including phenoxy) is 1. The van der Waals surface area contributed by atoms with Crippen LogP contribution in [-0.2, 0) is 18.3 Å². The number of halogens is 4. The Hall–Kier alpha value is -0.970. The van der Waals surface area contributed by atoms with Crippen molar-refractivity contribution in [2.45, 2.75) is 19.1 Å². The minimum absolute atomic E-state index is 0. The van der Waals surface area contributed by atoms with Crippen molar-refractivity contribution < 1.29 is 17.9 Å². The molecule has 0 atom stereocenters. The number of aromatic nitrogens is 1. The molecular formula is C14H24F3IN4O. The van der Waals surface area contributed by atoms with Crippen molar-refractivity contribution in [1.29, 1.82) is 0 Å². The number of nitrogens with one attached hydrogen (secondary N) is 1. The summed E-state index contributed by atoms with van der Waals surface area (Å²) in [7, 11) is 5.55. The maximum Gasteiger partial charge on any atom is 0.411 e. The van der Waals surface area contributed by atoms with Gasteiger partial charge in [0.2, 0.25) is 0 Å². The van der Waals surface area contributed by atoms with Crippen LogP contribution in [0.1, 0.15) is 12.1 Å². The van der Waals surface area contributed by atoms with E-state index in [1.54, 1.807) is 7.05 Å². The molecule has 134 valence electrons. The number of hydrogen-bond acceptors (Lipinski definition) is 2. The van der Waals surface area contributed by atoms with Gasteiger partial charge in [-0.2, -0.15) is 13.2 Å². The van der Waals surface area contributed by atoms with Gasteiger partial charge >= 0.3 is 6.18 Å². The molecule has 0 amide bonds. The maximum atomic E-state index is 11.9. The molecule has 0 spiro atoms. The fraction of sp³-hybridized carbons (Fsp3) is 0.643. The molecule has 9 heteroatoms. The van der Waals surface area contributed by atoms with Crippen molar-refractivity contribution in [3.8, 4) is 0 Å². The lowest BCUT2D eigenvalue weighted by Crippen LogP contribution is -2.39. The Morgan fingerprint density at radius 1 is 1.43 bits per heavy atom. The van der Waals surface area contributed by atoms with Crippen LogP contribution in [0.3, 0.4) is 0 Å². The van der Waals surface area contributed by atoms with Crippen LogP contribution >= 0.6 is 24.0 Å². The zero-order valence-corrected chi connectivity index (χ0v) is 15.9. The number of aryl methyl sites for hydroxylation is 1. The van der Waals surface area contributed by atoms with Crippen molar-refractivity contribution in [1.82, 2.24) is 14.8 Å². The van der Waals surface area contributed by atoms with Gasteiger partial charge in [0.15, 0.2) is 5.96 Å². The third kappa shape index (κ3) is 9.04. The monoisotopic (exact) mass is 448 g/mol. The van der Waals surface area contributed by atoms with Gasteiger partial charge in [0, 0.05) is 46.2 Å². The molecule has 0 aliphatic rings. The summed E-state index contributed by atoms with van der Waals surface area (Å²) in [6.45, 7) is 0.0515. The van der Waals surface area contributed by atoms with Crippen molar-refractivity contribution in [2.75, 3.05) is 33.9 Å². The van der Waals surface area contributed by atoms with Crippen LogP contribution in [0, 0.1) is 0 Å². The number of rotatable bonds is 7. The first kappa shape index (κ1) is 22.0. The second kappa shape index (κ2) is 10.7. The summed E-state index contributed by atoms with van der Waals surface area (Å²) in [5.41, 5.74) is 1.14. The van der Waals surface area contributed by atoms with Gasteiger partial charge in [0.1, 0.15) is 6.61 Å². The second-order valence-electron chi connectivity index (χ2n) is 4.96. The van der Waals surface area contributed by atoms with E-state index >= 15 is 0 Å². The highest BCUT2D eigenvalue weighted by molar-refractivity contribution is 14.0. The average Bonchev–Trinajstić information content (AvgIpc) is 2.82. The number of aliphatic imine (C=N–C) groups is 1.